The summed E-state index contributed by atoms with van der Waals surface area (Å²) in [5.41, 5.74) is 7.86. The molecule has 0 bridgehead atoms. The van der Waals surface area contributed by atoms with Gasteiger partial charge in [0.2, 0.25) is 0 Å². The zero-order chi connectivity index (χ0) is 34.4. The molecule has 1 fully saturated rings. The number of rotatable bonds is 7. The van der Waals surface area contributed by atoms with E-state index in [4.69, 9.17) is 16.6 Å². The lowest BCUT2D eigenvalue weighted by atomic mass is 9.82. The van der Waals surface area contributed by atoms with E-state index in [1.54, 1.807) is 6.07 Å². The summed E-state index contributed by atoms with van der Waals surface area (Å²) in [4.78, 5) is 41.3. The lowest BCUT2D eigenvalue weighted by molar-refractivity contribution is 0.100. The Hall–Kier alpha value is -3.99. The van der Waals surface area contributed by atoms with Crippen LogP contribution in [0.25, 0.3) is 11.1 Å². The number of fused-ring (bicyclic) bond motifs is 2. The summed E-state index contributed by atoms with van der Waals surface area (Å²) < 4.78 is 3.85. The number of imidazole rings is 2. The van der Waals surface area contributed by atoms with E-state index in [1.165, 1.54) is 25.7 Å². The van der Waals surface area contributed by atoms with Gasteiger partial charge >= 0.3 is 0 Å². The number of hydrogen-bond acceptors (Lipinski definition) is 6. The van der Waals surface area contributed by atoms with Gasteiger partial charge in [0.1, 0.15) is 0 Å². The molecule has 0 atom stereocenters. The van der Waals surface area contributed by atoms with E-state index >= 15 is 0 Å². The number of likely N-dealkylation sites (N-methyl/N-ethyl adjacent to an activating group) is 1. The number of halogens is 1. The van der Waals surface area contributed by atoms with Crippen molar-refractivity contribution in [3.05, 3.63) is 81.4 Å². The van der Waals surface area contributed by atoms with Crippen LogP contribution >= 0.6 is 11.6 Å². The molecule has 49 heavy (non-hydrogen) atoms. The highest BCUT2D eigenvalue weighted by atomic mass is 35.5. The van der Waals surface area contributed by atoms with Crippen LogP contribution < -0.4 is 10.6 Å². The Balaban J connectivity index is 1.06. The third-order valence-corrected chi connectivity index (χ3v) is 11.4. The molecule has 10 nitrogen and oxygen atoms in total. The second-order valence-corrected chi connectivity index (χ2v) is 14.8. The summed E-state index contributed by atoms with van der Waals surface area (Å²) in [6.45, 7) is 8.89. The lowest BCUT2D eigenvalue weighted by Crippen LogP contribution is -2.36. The molecule has 7 rings (SSSR count). The van der Waals surface area contributed by atoms with Crippen LogP contribution in [-0.4, -0.2) is 67.4 Å². The molecule has 258 valence electrons. The van der Waals surface area contributed by atoms with Crippen molar-refractivity contribution in [3.63, 3.8) is 0 Å². The summed E-state index contributed by atoms with van der Waals surface area (Å²) >= 11 is 7.00. The third-order valence-electron chi connectivity index (χ3n) is 11.0. The van der Waals surface area contributed by atoms with Crippen molar-refractivity contribution in [1.82, 2.24) is 28.9 Å². The van der Waals surface area contributed by atoms with Crippen molar-refractivity contribution in [1.29, 1.82) is 0 Å². The minimum absolute atomic E-state index is 0.253. The number of hydrogen-bond donors (Lipinski definition) is 2. The molecule has 2 aliphatic heterocycles. The standard InChI is InChI=1S/C38H47ClN8O2/c1-23-12-14-25(15-13-23)20-47-19-17-33-31(22-47)41-36(46(33)5)38(49)43-29-11-7-9-27(34(29)39)26-8-6-10-28(24(26)2)42-37(48)35-40-30-21-44(3)18-16-32(30)45(35)4/h6-11,23,25H,12-22H2,1-5H3,(H,42,48)(H,43,49). The average molecular weight is 683 g/mol. The number of amides is 2. The molecular weight excluding hydrogens is 636 g/mol. The smallest absolute Gasteiger partial charge is 0.291 e. The number of aromatic nitrogens is 4. The predicted octanol–water partition coefficient (Wildman–Crippen LogP) is 6.46. The van der Waals surface area contributed by atoms with Crippen molar-refractivity contribution in [2.45, 2.75) is 65.5 Å². The van der Waals surface area contributed by atoms with Crippen LogP contribution in [0.3, 0.4) is 0 Å². The Morgan fingerprint density at radius 2 is 1.37 bits per heavy atom. The maximum Gasteiger partial charge on any atom is 0.291 e. The fraction of sp³-hybridized carbons (Fsp3) is 0.474. The Morgan fingerprint density at radius 3 is 2.04 bits per heavy atom. The van der Waals surface area contributed by atoms with Crippen molar-refractivity contribution in [3.8, 4) is 11.1 Å². The molecule has 0 radical (unpaired) electrons. The molecule has 4 heterocycles. The van der Waals surface area contributed by atoms with Crippen molar-refractivity contribution >= 4 is 34.8 Å². The molecule has 3 aliphatic rings. The van der Waals surface area contributed by atoms with Crippen LogP contribution in [0.5, 0.6) is 0 Å². The van der Waals surface area contributed by atoms with E-state index in [-0.39, 0.29) is 11.8 Å². The molecule has 11 heteroatoms. The largest absolute Gasteiger partial charge is 0.327 e. The predicted molar refractivity (Wildman–Crippen MR) is 194 cm³/mol. The topological polar surface area (TPSA) is 100 Å². The van der Waals surface area contributed by atoms with Gasteiger partial charge in [0.25, 0.3) is 11.8 Å². The van der Waals surface area contributed by atoms with Gasteiger partial charge in [-0.2, -0.15) is 0 Å². The van der Waals surface area contributed by atoms with E-state index in [2.05, 4.69) is 39.4 Å². The van der Waals surface area contributed by atoms with Gasteiger partial charge in [-0.25, -0.2) is 9.97 Å². The highest BCUT2D eigenvalue weighted by molar-refractivity contribution is 6.36. The monoisotopic (exact) mass is 682 g/mol. The Bertz CT molecular complexity index is 1900. The second-order valence-electron chi connectivity index (χ2n) is 14.4. The number of carbonyl (C=O) groups is 2. The van der Waals surface area contributed by atoms with Gasteiger partial charge in [0.15, 0.2) is 11.6 Å². The van der Waals surface area contributed by atoms with Crippen LogP contribution in [0.1, 0.15) is 82.2 Å². The second kappa shape index (κ2) is 13.7. The molecule has 1 aliphatic carbocycles. The Morgan fingerprint density at radius 1 is 0.796 bits per heavy atom. The minimum Gasteiger partial charge on any atom is -0.327 e. The molecule has 1 saturated carbocycles. The SMILES string of the molecule is Cc1c(NC(=O)c2nc3c(n2C)CCN(C)C3)cccc1-c1cccc(NC(=O)c2nc3c(n2C)CCN(CC2CCC(C)CC2)C3)c1Cl. The first-order chi connectivity index (χ1) is 23.6. The molecule has 2 aromatic carbocycles. The summed E-state index contributed by atoms with van der Waals surface area (Å²) in [5.74, 6) is 1.86. The fourth-order valence-corrected chi connectivity index (χ4v) is 8.21. The zero-order valence-corrected chi connectivity index (χ0v) is 30.0. The van der Waals surface area contributed by atoms with Crippen molar-refractivity contribution in [2.75, 3.05) is 37.3 Å². The summed E-state index contributed by atoms with van der Waals surface area (Å²) in [6, 6.07) is 11.4. The molecule has 0 saturated heterocycles. The van der Waals surface area contributed by atoms with Crippen LogP contribution in [-0.2, 0) is 40.0 Å². The van der Waals surface area contributed by atoms with Crippen LogP contribution in [0.4, 0.5) is 11.4 Å². The van der Waals surface area contributed by atoms with Crippen LogP contribution in [0.2, 0.25) is 5.02 Å². The van der Waals surface area contributed by atoms with Gasteiger partial charge in [-0.1, -0.05) is 55.6 Å². The highest BCUT2D eigenvalue weighted by Gasteiger charge is 2.29. The molecular formula is C38H47ClN8O2. The van der Waals surface area contributed by atoms with E-state index in [0.717, 1.165) is 96.9 Å². The maximum absolute atomic E-state index is 13.7. The van der Waals surface area contributed by atoms with Crippen molar-refractivity contribution in [2.24, 2.45) is 25.9 Å². The summed E-state index contributed by atoms with van der Waals surface area (Å²) in [6.07, 6.45) is 7.02. The molecule has 4 aromatic rings. The molecule has 2 N–H and O–H groups in total. The van der Waals surface area contributed by atoms with Gasteiger partial charge in [-0.3, -0.25) is 14.5 Å². The van der Waals surface area contributed by atoms with E-state index in [9.17, 15) is 9.59 Å². The normalized spacial score (nSPS) is 19.7. The lowest BCUT2D eigenvalue weighted by Gasteiger charge is -2.33. The third kappa shape index (κ3) is 6.66. The van der Waals surface area contributed by atoms with Gasteiger partial charge in [-0.05, 0) is 61.9 Å². The molecule has 2 amide bonds. The van der Waals surface area contributed by atoms with E-state index < -0.39 is 0 Å². The molecule has 0 unspecified atom stereocenters. The van der Waals surface area contributed by atoms with Crippen molar-refractivity contribution < 1.29 is 9.59 Å². The van der Waals surface area contributed by atoms with Gasteiger partial charge in [0, 0.05) is 82.3 Å². The van der Waals surface area contributed by atoms with Crippen LogP contribution in [0.15, 0.2) is 36.4 Å². The quantitative estimate of drug-likeness (QED) is 0.232. The van der Waals surface area contributed by atoms with Gasteiger partial charge < -0.3 is 24.7 Å². The Labute approximate surface area is 293 Å². The first kappa shape index (κ1) is 33.5. The first-order valence-corrected chi connectivity index (χ1v) is 18.0. The average Bonchev–Trinajstić information content (AvgIpc) is 3.59. The van der Waals surface area contributed by atoms with Gasteiger partial charge in [-0.15, -0.1) is 0 Å². The van der Waals surface area contributed by atoms with E-state index in [1.807, 2.05) is 60.5 Å². The minimum atomic E-state index is -0.287. The highest BCUT2D eigenvalue weighted by Crippen LogP contribution is 2.38. The summed E-state index contributed by atoms with van der Waals surface area (Å²) in [7, 11) is 5.90. The zero-order valence-electron chi connectivity index (χ0n) is 29.3. The summed E-state index contributed by atoms with van der Waals surface area (Å²) in [5, 5.41) is 6.54. The maximum atomic E-state index is 13.7. The number of benzene rings is 2. The fourth-order valence-electron chi connectivity index (χ4n) is 7.94. The number of carbonyl (C=O) groups excluding carboxylic acids is 2. The number of anilines is 2. The number of nitrogens with zero attached hydrogens (tertiary/aromatic N) is 6. The molecule has 2 aromatic heterocycles. The first-order valence-electron chi connectivity index (χ1n) is 17.6. The van der Waals surface area contributed by atoms with E-state index in [0.29, 0.717) is 28.0 Å². The van der Waals surface area contributed by atoms with Crippen LogP contribution in [0, 0.1) is 18.8 Å². The molecule has 0 spiro atoms. The Kier molecular flexibility index (Phi) is 9.39. The number of nitrogens with one attached hydrogen (secondary N) is 2. The van der Waals surface area contributed by atoms with Gasteiger partial charge in [0.05, 0.1) is 22.1 Å².